The van der Waals surface area contributed by atoms with Crippen molar-refractivity contribution in [2.75, 3.05) is 0 Å². The number of hydrogen-bond donors (Lipinski definition) is 1. The lowest BCUT2D eigenvalue weighted by Gasteiger charge is -2.51. The number of aliphatic hydroxyl groups is 1. The van der Waals surface area contributed by atoms with E-state index in [4.69, 9.17) is 0 Å². The molecule has 0 aromatic heterocycles. The molecule has 0 radical (unpaired) electrons. The van der Waals surface area contributed by atoms with Crippen LogP contribution in [0.4, 0.5) is 0 Å². The summed E-state index contributed by atoms with van der Waals surface area (Å²) >= 11 is 0. The van der Waals surface area contributed by atoms with Crippen molar-refractivity contribution in [1.82, 2.24) is 0 Å². The van der Waals surface area contributed by atoms with Crippen molar-refractivity contribution in [3.05, 3.63) is 11.6 Å². The molecule has 2 saturated carbocycles. The fourth-order valence-corrected chi connectivity index (χ4v) is 3.72. The van der Waals surface area contributed by atoms with Gasteiger partial charge in [0.1, 0.15) is 0 Å². The zero-order chi connectivity index (χ0) is 11.1. The van der Waals surface area contributed by atoms with Crippen molar-refractivity contribution in [3.8, 4) is 0 Å². The molecular formula is C14H24O. The van der Waals surface area contributed by atoms with Crippen LogP contribution in [0.2, 0.25) is 0 Å². The Bertz CT molecular complexity index is 269. The molecule has 2 rings (SSSR count). The van der Waals surface area contributed by atoms with Crippen LogP contribution >= 0.6 is 0 Å². The fraction of sp³-hybridized carbons (Fsp3) is 0.857. The first-order chi connectivity index (χ1) is 7.06. The van der Waals surface area contributed by atoms with E-state index in [0.717, 1.165) is 18.8 Å². The van der Waals surface area contributed by atoms with Gasteiger partial charge in [-0.05, 0) is 56.3 Å². The van der Waals surface area contributed by atoms with E-state index < -0.39 is 0 Å². The molecule has 2 fully saturated rings. The molecule has 0 saturated heterocycles. The molecule has 0 aromatic rings. The number of hydrogen-bond acceptors (Lipinski definition) is 1. The Morgan fingerprint density at radius 3 is 2.80 bits per heavy atom. The molecule has 1 nitrogen and oxygen atoms in total. The molecule has 15 heavy (non-hydrogen) atoms. The highest BCUT2D eigenvalue weighted by Crippen LogP contribution is 2.54. The molecule has 86 valence electrons. The molecule has 4 atom stereocenters. The number of fused-ring (bicyclic) bond motifs is 1. The minimum absolute atomic E-state index is 0.0368. The Balaban J connectivity index is 2.20. The summed E-state index contributed by atoms with van der Waals surface area (Å²) in [6, 6.07) is 0. The van der Waals surface area contributed by atoms with Crippen LogP contribution in [0, 0.1) is 17.3 Å². The molecule has 0 amide bonds. The minimum atomic E-state index is -0.0368. The van der Waals surface area contributed by atoms with Gasteiger partial charge in [-0.1, -0.05) is 25.5 Å². The molecular weight excluding hydrogens is 184 g/mol. The second kappa shape index (κ2) is 3.93. The van der Waals surface area contributed by atoms with Crippen LogP contribution in [0.15, 0.2) is 11.6 Å². The predicted molar refractivity (Wildman–Crippen MR) is 63.6 cm³/mol. The summed E-state index contributed by atoms with van der Waals surface area (Å²) in [5, 5.41) is 9.84. The lowest BCUT2D eigenvalue weighted by molar-refractivity contribution is -0.0381. The maximum Gasteiger partial charge on any atom is 0.0545 e. The molecule has 0 heterocycles. The zero-order valence-corrected chi connectivity index (χ0v) is 10.3. The summed E-state index contributed by atoms with van der Waals surface area (Å²) in [4.78, 5) is 0. The largest absolute Gasteiger partial charge is 0.393 e. The maximum absolute atomic E-state index is 9.84. The van der Waals surface area contributed by atoms with Gasteiger partial charge in [0.15, 0.2) is 0 Å². The highest BCUT2D eigenvalue weighted by Gasteiger charge is 2.46. The Morgan fingerprint density at radius 2 is 2.13 bits per heavy atom. The van der Waals surface area contributed by atoms with Gasteiger partial charge in [0.05, 0.1) is 6.10 Å². The first-order valence-electron chi connectivity index (χ1n) is 6.38. The SMILES string of the molecule is C/C=C1\CCC2CC(O)C[C@H](C)[C@]2(C)C1. The third-order valence-electron chi connectivity index (χ3n) is 5.07. The van der Waals surface area contributed by atoms with E-state index in [1.165, 1.54) is 19.3 Å². The quantitative estimate of drug-likeness (QED) is 0.604. The first kappa shape index (κ1) is 11.2. The van der Waals surface area contributed by atoms with E-state index in [0.29, 0.717) is 11.3 Å². The van der Waals surface area contributed by atoms with E-state index in [-0.39, 0.29) is 6.10 Å². The molecule has 2 aliphatic rings. The van der Waals surface area contributed by atoms with Crippen molar-refractivity contribution < 1.29 is 5.11 Å². The van der Waals surface area contributed by atoms with Gasteiger partial charge in [0.2, 0.25) is 0 Å². The normalized spacial score (nSPS) is 49.1. The summed E-state index contributed by atoms with van der Waals surface area (Å²) < 4.78 is 0. The molecule has 1 heteroatoms. The van der Waals surface area contributed by atoms with E-state index in [1.54, 1.807) is 5.57 Å². The Morgan fingerprint density at radius 1 is 1.40 bits per heavy atom. The van der Waals surface area contributed by atoms with Crippen molar-refractivity contribution in [3.63, 3.8) is 0 Å². The van der Waals surface area contributed by atoms with Gasteiger partial charge in [-0.2, -0.15) is 0 Å². The summed E-state index contributed by atoms with van der Waals surface area (Å²) in [6.07, 6.45) is 8.13. The lowest BCUT2D eigenvalue weighted by Crippen LogP contribution is -2.44. The average Bonchev–Trinajstić information content (AvgIpc) is 2.19. The van der Waals surface area contributed by atoms with Gasteiger partial charge < -0.3 is 5.11 Å². The second-order valence-electron chi connectivity index (χ2n) is 5.89. The maximum atomic E-state index is 9.84. The van der Waals surface area contributed by atoms with Gasteiger partial charge in [-0.25, -0.2) is 0 Å². The lowest BCUT2D eigenvalue weighted by atomic mass is 9.54. The summed E-state index contributed by atoms with van der Waals surface area (Å²) in [6.45, 7) is 6.94. The van der Waals surface area contributed by atoms with Crippen molar-refractivity contribution in [1.29, 1.82) is 0 Å². The van der Waals surface area contributed by atoms with Gasteiger partial charge >= 0.3 is 0 Å². The Labute approximate surface area is 93.6 Å². The fourth-order valence-electron chi connectivity index (χ4n) is 3.72. The van der Waals surface area contributed by atoms with Crippen LogP contribution in [0.25, 0.3) is 0 Å². The van der Waals surface area contributed by atoms with Gasteiger partial charge in [0.25, 0.3) is 0 Å². The average molecular weight is 208 g/mol. The molecule has 0 aliphatic heterocycles. The van der Waals surface area contributed by atoms with E-state index >= 15 is 0 Å². The van der Waals surface area contributed by atoms with Crippen LogP contribution in [0.1, 0.15) is 52.9 Å². The van der Waals surface area contributed by atoms with Crippen LogP contribution in [-0.4, -0.2) is 11.2 Å². The van der Waals surface area contributed by atoms with E-state index in [1.807, 2.05) is 0 Å². The van der Waals surface area contributed by atoms with Crippen LogP contribution in [-0.2, 0) is 0 Å². The van der Waals surface area contributed by atoms with Gasteiger partial charge in [-0.15, -0.1) is 0 Å². The van der Waals surface area contributed by atoms with Crippen molar-refractivity contribution >= 4 is 0 Å². The molecule has 2 aliphatic carbocycles. The molecule has 0 bridgehead atoms. The molecule has 0 aromatic carbocycles. The molecule has 1 N–H and O–H groups in total. The minimum Gasteiger partial charge on any atom is -0.393 e. The van der Waals surface area contributed by atoms with Crippen LogP contribution in [0.5, 0.6) is 0 Å². The van der Waals surface area contributed by atoms with E-state index in [9.17, 15) is 5.11 Å². The summed E-state index contributed by atoms with van der Waals surface area (Å²) in [7, 11) is 0. The van der Waals surface area contributed by atoms with Gasteiger partial charge in [-0.3, -0.25) is 0 Å². The summed E-state index contributed by atoms with van der Waals surface area (Å²) in [5.74, 6) is 1.42. The molecule has 0 spiro atoms. The number of rotatable bonds is 0. The van der Waals surface area contributed by atoms with Crippen LogP contribution in [0.3, 0.4) is 0 Å². The Kier molecular flexibility index (Phi) is 2.94. The molecule has 2 unspecified atom stereocenters. The zero-order valence-electron chi connectivity index (χ0n) is 10.3. The summed E-state index contributed by atoms with van der Waals surface area (Å²) in [5.41, 5.74) is 2.09. The third kappa shape index (κ3) is 1.87. The van der Waals surface area contributed by atoms with Crippen molar-refractivity contribution in [2.24, 2.45) is 17.3 Å². The topological polar surface area (TPSA) is 20.2 Å². The highest BCUT2D eigenvalue weighted by molar-refractivity contribution is 5.12. The van der Waals surface area contributed by atoms with E-state index in [2.05, 4.69) is 26.8 Å². The van der Waals surface area contributed by atoms with Crippen molar-refractivity contribution in [2.45, 2.75) is 59.0 Å². The number of aliphatic hydroxyl groups excluding tert-OH is 1. The predicted octanol–water partition coefficient (Wildman–Crippen LogP) is 3.53. The monoisotopic (exact) mass is 208 g/mol. The smallest absolute Gasteiger partial charge is 0.0545 e. The highest BCUT2D eigenvalue weighted by atomic mass is 16.3. The third-order valence-corrected chi connectivity index (χ3v) is 5.07. The first-order valence-corrected chi connectivity index (χ1v) is 6.38. The number of allylic oxidation sites excluding steroid dienone is 2. The standard InChI is InChI=1S/C14H24O/c1-4-11-5-6-12-8-13(15)7-10(2)14(12,3)9-11/h4,10,12-13,15H,5-9H2,1-3H3/b11-4+/t10-,12?,13?,14-/m0/s1. The van der Waals surface area contributed by atoms with Crippen LogP contribution < -0.4 is 0 Å². The Hall–Kier alpha value is -0.300. The van der Waals surface area contributed by atoms with Gasteiger partial charge in [0, 0.05) is 0 Å². The second-order valence-corrected chi connectivity index (χ2v) is 5.89.